The topological polar surface area (TPSA) is 99.2 Å². The summed E-state index contributed by atoms with van der Waals surface area (Å²) in [6.07, 6.45) is 2.57. The van der Waals surface area contributed by atoms with E-state index in [0.29, 0.717) is 4.48 Å². The van der Waals surface area contributed by atoms with Gasteiger partial charge in [-0.25, -0.2) is 0 Å². The zero-order valence-electron chi connectivity index (χ0n) is 6.90. The number of dihydropyridines is 1. The molecule has 1 aliphatic heterocycles. The van der Waals surface area contributed by atoms with Gasteiger partial charge in [0.25, 0.3) is 5.70 Å². The summed E-state index contributed by atoms with van der Waals surface area (Å²) in [4.78, 5) is 9.93. The van der Waals surface area contributed by atoms with Crippen molar-refractivity contribution in [2.24, 2.45) is 0 Å². The fraction of sp³-hybridized carbons (Fsp3) is 0.286. The van der Waals surface area contributed by atoms with Gasteiger partial charge in [-0.2, -0.15) is 5.26 Å². The largest absolute Gasteiger partial charge is 0.392 e. The molecule has 0 aliphatic carbocycles. The summed E-state index contributed by atoms with van der Waals surface area (Å²) in [6, 6.07) is 1.68. The summed E-state index contributed by atoms with van der Waals surface area (Å²) in [5.74, 6) is 0. The summed E-state index contributed by atoms with van der Waals surface area (Å²) in [6.45, 7) is -0.660. The average Bonchev–Trinajstić information content (AvgIpc) is 2.18. The lowest BCUT2D eigenvalue weighted by Crippen LogP contribution is -2.49. The first-order valence-electron chi connectivity index (χ1n) is 3.58. The number of allylic oxidation sites excluding steroid dienone is 2. The molecule has 2 N–H and O–H groups in total. The van der Waals surface area contributed by atoms with Crippen LogP contribution in [0, 0.1) is 21.4 Å². The van der Waals surface area contributed by atoms with Gasteiger partial charge in [0, 0.05) is 16.8 Å². The third-order valence-electron chi connectivity index (χ3n) is 1.79. The number of nitrogens with one attached hydrogen (secondary N) is 1. The molecule has 0 spiro atoms. The third kappa shape index (κ3) is 1.62. The zero-order chi connectivity index (χ0) is 10.8. The van der Waals surface area contributed by atoms with Gasteiger partial charge in [-0.3, -0.25) is 10.1 Å². The van der Waals surface area contributed by atoms with Gasteiger partial charge >= 0.3 is 0 Å². The Morgan fingerprint density at radius 2 is 2.50 bits per heavy atom. The Kier molecular flexibility index (Phi) is 2.88. The molecular weight excluding hydrogens is 254 g/mol. The minimum absolute atomic E-state index is 0.378. The number of hydrogen-bond donors (Lipinski definition) is 2. The molecule has 0 amide bonds. The van der Waals surface area contributed by atoms with Crippen LogP contribution in [0.2, 0.25) is 0 Å². The van der Waals surface area contributed by atoms with Gasteiger partial charge in [-0.05, 0) is 15.9 Å². The minimum atomic E-state index is -1.65. The first kappa shape index (κ1) is 10.7. The van der Waals surface area contributed by atoms with Crippen molar-refractivity contribution in [3.63, 3.8) is 0 Å². The van der Waals surface area contributed by atoms with Crippen molar-refractivity contribution < 1.29 is 10.0 Å². The van der Waals surface area contributed by atoms with Gasteiger partial charge in [0.2, 0.25) is 5.54 Å². The first-order valence-corrected chi connectivity index (χ1v) is 4.37. The summed E-state index contributed by atoms with van der Waals surface area (Å²) in [7, 11) is 0. The van der Waals surface area contributed by atoms with Crippen molar-refractivity contribution in [3.8, 4) is 6.07 Å². The van der Waals surface area contributed by atoms with Crippen molar-refractivity contribution in [1.29, 1.82) is 5.26 Å². The van der Waals surface area contributed by atoms with E-state index in [2.05, 4.69) is 21.2 Å². The first-order chi connectivity index (χ1) is 6.55. The number of nitro groups is 1. The van der Waals surface area contributed by atoms with Crippen LogP contribution in [0.3, 0.4) is 0 Å². The van der Waals surface area contributed by atoms with Gasteiger partial charge in [-0.15, -0.1) is 0 Å². The van der Waals surface area contributed by atoms with Gasteiger partial charge in [0.15, 0.2) is 0 Å². The molecule has 7 heteroatoms. The van der Waals surface area contributed by atoms with Crippen molar-refractivity contribution in [2.75, 3.05) is 6.61 Å². The van der Waals surface area contributed by atoms with Crippen molar-refractivity contribution in [2.45, 2.75) is 5.54 Å². The Morgan fingerprint density at radius 3 is 2.93 bits per heavy atom. The maximum absolute atomic E-state index is 10.6. The molecule has 1 unspecified atom stereocenters. The Hall–Kier alpha value is -1.39. The molecule has 14 heavy (non-hydrogen) atoms. The highest BCUT2D eigenvalue weighted by Gasteiger charge is 2.44. The monoisotopic (exact) mass is 259 g/mol. The molecular formula is C7H6BrN3O3. The molecule has 0 aromatic rings. The predicted octanol–water partition coefficient (Wildman–Crippen LogP) is 0.241. The van der Waals surface area contributed by atoms with E-state index < -0.39 is 17.1 Å². The van der Waals surface area contributed by atoms with Crippen LogP contribution in [0.15, 0.2) is 22.5 Å². The Bertz CT molecular complexity index is 371. The van der Waals surface area contributed by atoms with Crippen molar-refractivity contribution in [3.05, 3.63) is 32.6 Å². The number of hydrogen-bond acceptors (Lipinski definition) is 5. The fourth-order valence-electron chi connectivity index (χ4n) is 1.02. The lowest BCUT2D eigenvalue weighted by molar-refractivity contribution is -0.434. The minimum Gasteiger partial charge on any atom is -0.392 e. The maximum Gasteiger partial charge on any atom is 0.289 e. The molecule has 0 aromatic carbocycles. The molecule has 1 rings (SSSR count). The third-order valence-corrected chi connectivity index (χ3v) is 2.25. The average molecular weight is 260 g/mol. The molecule has 1 heterocycles. The van der Waals surface area contributed by atoms with E-state index in [1.807, 2.05) is 0 Å². The lowest BCUT2D eigenvalue weighted by atomic mass is 9.96. The van der Waals surface area contributed by atoms with E-state index >= 15 is 0 Å². The van der Waals surface area contributed by atoms with E-state index in [9.17, 15) is 10.1 Å². The second-order valence-corrected chi connectivity index (χ2v) is 3.55. The SMILES string of the molecule is N#CC1(CO)NC=C(Br)C=C1[N+](=O)[O-]. The summed E-state index contributed by atoms with van der Waals surface area (Å²) in [5, 5.41) is 30.9. The number of rotatable bonds is 2. The van der Waals surface area contributed by atoms with Crippen LogP contribution in [0.25, 0.3) is 0 Å². The number of nitrogens with zero attached hydrogens (tertiary/aromatic N) is 2. The van der Waals surface area contributed by atoms with Crippen LogP contribution in [-0.2, 0) is 0 Å². The van der Waals surface area contributed by atoms with Crippen molar-refractivity contribution >= 4 is 15.9 Å². The highest BCUT2D eigenvalue weighted by Crippen LogP contribution is 2.25. The number of aliphatic hydroxyl groups excluding tert-OH is 1. The molecule has 0 fully saturated rings. The van der Waals surface area contributed by atoms with Crippen LogP contribution in [0.1, 0.15) is 0 Å². The highest BCUT2D eigenvalue weighted by atomic mass is 79.9. The van der Waals surface area contributed by atoms with Gasteiger partial charge in [0.05, 0.1) is 11.5 Å². The fourth-order valence-corrected chi connectivity index (χ4v) is 1.35. The maximum atomic E-state index is 10.6. The Labute approximate surface area is 87.8 Å². The second kappa shape index (κ2) is 3.77. The van der Waals surface area contributed by atoms with Crippen molar-refractivity contribution in [1.82, 2.24) is 5.32 Å². The molecule has 1 aliphatic rings. The van der Waals surface area contributed by atoms with Gasteiger partial charge in [0.1, 0.15) is 6.07 Å². The predicted molar refractivity (Wildman–Crippen MR) is 50.7 cm³/mol. The quantitative estimate of drug-likeness (QED) is 0.547. The van der Waals surface area contributed by atoms with Crippen LogP contribution in [-0.4, -0.2) is 22.2 Å². The molecule has 6 nitrogen and oxygen atoms in total. The van der Waals surface area contributed by atoms with E-state index in [-0.39, 0.29) is 5.70 Å². The highest BCUT2D eigenvalue weighted by molar-refractivity contribution is 9.11. The number of nitriles is 1. The summed E-state index contributed by atoms with van der Waals surface area (Å²) in [5.41, 5.74) is -2.03. The van der Waals surface area contributed by atoms with Crippen LogP contribution in [0.5, 0.6) is 0 Å². The van der Waals surface area contributed by atoms with Gasteiger partial charge in [-0.1, -0.05) is 0 Å². The standard InChI is InChI=1S/C7H6BrN3O3/c8-5-1-6(11(13)14)7(3-9,4-12)10-2-5/h1-2,10,12H,4H2. The lowest BCUT2D eigenvalue weighted by Gasteiger charge is -2.24. The normalized spacial score (nSPS) is 25.5. The van der Waals surface area contributed by atoms with E-state index in [0.717, 1.165) is 0 Å². The van der Waals surface area contributed by atoms with Crippen LogP contribution < -0.4 is 5.32 Å². The summed E-state index contributed by atoms with van der Waals surface area (Å²) < 4.78 is 0.448. The molecule has 0 radical (unpaired) electrons. The molecule has 0 saturated carbocycles. The Morgan fingerprint density at radius 1 is 1.86 bits per heavy atom. The zero-order valence-corrected chi connectivity index (χ0v) is 8.48. The summed E-state index contributed by atoms with van der Waals surface area (Å²) >= 11 is 3.03. The smallest absolute Gasteiger partial charge is 0.289 e. The van der Waals surface area contributed by atoms with Gasteiger partial charge < -0.3 is 10.4 Å². The van der Waals surface area contributed by atoms with E-state index in [1.54, 1.807) is 6.07 Å². The molecule has 0 aromatic heterocycles. The number of halogens is 1. The van der Waals surface area contributed by atoms with Crippen LogP contribution >= 0.6 is 15.9 Å². The second-order valence-electron chi connectivity index (χ2n) is 2.64. The number of aliphatic hydroxyl groups is 1. The molecule has 0 saturated heterocycles. The molecule has 0 bridgehead atoms. The van der Waals surface area contributed by atoms with E-state index in [4.69, 9.17) is 10.4 Å². The molecule has 1 atom stereocenters. The Balaban J connectivity index is 3.20. The van der Waals surface area contributed by atoms with Crippen LogP contribution in [0.4, 0.5) is 0 Å². The van der Waals surface area contributed by atoms with E-state index in [1.165, 1.54) is 12.3 Å². The molecule has 74 valence electrons.